The molecule has 2 amide bonds. The minimum Gasteiger partial charge on any atom is -0.342 e. The molecule has 1 aliphatic rings. The van der Waals surface area contributed by atoms with Crippen LogP contribution in [-0.4, -0.2) is 73.8 Å². The summed E-state index contributed by atoms with van der Waals surface area (Å²) in [6, 6.07) is 0. The average molecular weight is 199 g/mol. The molecule has 0 N–H and O–H groups in total. The highest BCUT2D eigenvalue weighted by molar-refractivity contribution is 5.48. The third-order valence-corrected chi connectivity index (χ3v) is 2.51. The topological polar surface area (TPSA) is 43.9 Å². The van der Waals surface area contributed by atoms with Gasteiger partial charge in [0.1, 0.15) is 0 Å². The molecular formula is C9H17N3O2. The number of hydrogen-bond acceptors (Lipinski definition) is 3. The minimum absolute atomic E-state index is 0.635. The standard InChI is InChI=1S/C9H17N3O2/c1-10-2-4-11(8-13)6-7-12(9-14)5-3-10/h8-9H,2-7H2,1H3. The number of likely N-dealkylation sites (N-methyl/N-ethyl adjacent to an activating group) is 1. The molecule has 1 fully saturated rings. The summed E-state index contributed by atoms with van der Waals surface area (Å²) in [6.07, 6.45) is 1.70. The molecule has 1 saturated heterocycles. The molecule has 1 heterocycles. The summed E-state index contributed by atoms with van der Waals surface area (Å²) in [5.74, 6) is 0. The van der Waals surface area contributed by atoms with Crippen molar-refractivity contribution in [3.8, 4) is 0 Å². The molecule has 80 valence electrons. The summed E-state index contributed by atoms with van der Waals surface area (Å²) in [4.78, 5) is 26.8. The van der Waals surface area contributed by atoms with Crippen LogP contribution in [-0.2, 0) is 9.59 Å². The average Bonchev–Trinajstić information content (AvgIpc) is 2.29. The van der Waals surface area contributed by atoms with Crippen molar-refractivity contribution in [2.75, 3.05) is 46.3 Å². The molecular weight excluding hydrogens is 182 g/mol. The van der Waals surface area contributed by atoms with Crippen LogP contribution < -0.4 is 0 Å². The van der Waals surface area contributed by atoms with E-state index in [0.29, 0.717) is 13.1 Å². The van der Waals surface area contributed by atoms with Crippen LogP contribution in [0.4, 0.5) is 0 Å². The van der Waals surface area contributed by atoms with Gasteiger partial charge < -0.3 is 14.7 Å². The largest absolute Gasteiger partial charge is 0.342 e. The molecule has 0 aromatic carbocycles. The van der Waals surface area contributed by atoms with Crippen LogP contribution in [0.15, 0.2) is 0 Å². The fraction of sp³-hybridized carbons (Fsp3) is 0.778. The highest BCUT2D eigenvalue weighted by Gasteiger charge is 2.11. The Morgan fingerprint density at radius 3 is 1.50 bits per heavy atom. The van der Waals surface area contributed by atoms with Crippen LogP contribution in [0.3, 0.4) is 0 Å². The smallest absolute Gasteiger partial charge is 0.209 e. The maximum atomic E-state index is 10.6. The number of nitrogens with zero attached hydrogens (tertiary/aromatic N) is 3. The van der Waals surface area contributed by atoms with Gasteiger partial charge in [-0.05, 0) is 7.05 Å². The first-order valence-electron chi connectivity index (χ1n) is 4.83. The second-order valence-corrected chi connectivity index (χ2v) is 3.59. The molecule has 0 spiro atoms. The van der Waals surface area contributed by atoms with E-state index < -0.39 is 0 Å². The van der Waals surface area contributed by atoms with Gasteiger partial charge in [0, 0.05) is 39.3 Å². The lowest BCUT2D eigenvalue weighted by atomic mass is 10.5. The Morgan fingerprint density at radius 1 is 0.786 bits per heavy atom. The quantitative estimate of drug-likeness (QED) is 0.527. The van der Waals surface area contributed by atoms with Crippen molar-refractivity contribution in [3.63, 3.8) is 0 Å². The van der Waals surface area contributed by atoms with E-state index in [0.717, 1.165) is 39.0 Å². The second kappa shape index (κ2) is 5.59. The normalized spacial score (nSPS) is 20.9. The Labute approximate surface area is 84.3 Å². The molecule has 0 aliphatic carbocycles. The predicted molar refractivity (Wildman–Crippen MR) is 52.8 cm³/mol. The number of amides is 2. The van der Waals surface area contributed by atoms with Crippen LogP contribution in [0.2, 0.25) is 0 Å². The number of rotatable bonds is 2. The highest BCUT2D eigenvalue weighted by Crippen LogP contribution is 1.94. The first-order valence-corrected chi connectivity index (χ1v) is 4.83. The monoisotopic (exact) mass is 199 g/mol. The van der Waals surface area contributed by atoms with E-state index in [1.165, 1.54) is 0 Å². The highest BCUT2D eigenvalue weighted by atomic mass is 16.1. The molecule has 0 aromatic rings. The van der Waals surface area contributed by atoms with Crippen molar-refractivity contribution in [1.29, 1.82) is 0 Å². The molecule has 0 unspecified atom stereocenters. The lowest BCUT2D eigenvalue weighted by molar-refractivity contribution is -0.121. The predicted octanol–water partition coefficient (Wildman–Crippen LogP) is -1.15. The van der Waals surface area contributed by atoms with Gasteiger partial charge in [0.15, 0.2) is 0 Å². The van der Waals surface area contributed by atoms with Gasteiger partial charge in [0.2, 0.25) is 12.8 Å². The molecule has 5 nitrogen and oxygen atoms in total. The lowest BCUT2D eigenvalue weighted by Crippen LogP contribution is -2.34. The van der Waals surface area contributed by atoms with Crippen LogP contribution in [0.25, 0.3) is 0 Å². The maximum Gasteiger partial charge on any atom is 0.209 e. The summed E-state index contributed by atoms with van der Waals surface area (Å²) in [5.41, 5.74) is 0. The number of carbonyl (C=O) groups is 2. The van der Waals surface area contributed by atoms with E-state index in [1.54, 1.807) is 9.80 Å². The Bertz CT molecular complexity index is 178. The van der Waals surface area contributed by atoms with Crippen LogP contribution in [0.5, 0.6) is 0 Å². The number of carbonyl (C=O) groups excluding carboxylic acids is 2. The third kappa shape index (κ3) is 3.33. The Balaban J connectivity index is 2.51. The van der Waals surface area contributed by atoms with Gasteiger partial charge in [0.25, 0.3) is 0 Å². The summed E-state index contributed by atoms with van der Waals surface area (Å²) in [6.45, 7) is 4.49. The van der Waals surface area contributed by atoms with Gasteiger partial charge in [-0.3, -0.25) is 9.59 Å². The lowest BCUT2D eigenvalue weighted by Gasteiger charge is -2.19. The molecule has 0 bridgehead atoms. The Kier molecular flexibility index (Phi) is 4.39. The summed E-state index contributed by atoms with van der Waals surface area (Å²) >= 11 is 0. The van der Waals surface area contributed by atoms with Crippen molar-refractivity contribution in [3.05, 3.63) is 0 Å². The van der Waals surface area contributed by atoms with E-state index in [4.69, 9.17) is 0 Å². The van der Waals surface area contributed by atoms with Crippen molar-refractivity contribution >= 4 is 12.8 Å². The first kappa shape index (κ1) is 11.0. The van der Waals surface area contributed by atoms with Gasteiger partial charge >= 0.3 is 0 Å². The molecule has 0 saturated carbocycles. The molecule has 0 radical (unpaired) electrons. The first-order chi connectivity index (χ1) is 6.76. The van der Waals surface area contributed by atoms with E-state index in [-0.39, 0.29) is 0 Å². The van der Waals surface area contributed by atoms with E-state index in [2.05, 4.69) is 4.90 Å². The van der Waals surface area contributed by atoms with Gasteiger partial charge in [-0.2, -0.15) is 0 Å². The summed E-state index contributed by atoms with van der Waals surface area (Å²) < 4.78 is 0. The molecule has 0 atom stereocenters. The summed E-state index contributed by atoms with van der Waals surface area (Å²) in [7, 11) is 2.00. The molecule has 1 aliphatic heterocycles. The number of hydrogen-bond donors (Lipinski definition) is 0. The van der Waals surface area contributed by atoms with Gasteiger partial charge in [0.05, 0.1) is 0 Å². The molecule has 1 rings (SSSR count). The van der Waals surface area contributed by atoms with Gasteiger partial charge in [-0.25, -0.2) is 0 Å². The SMILES string of the molecule is CN1CCN(C=O)CCN(C=O)CC1. The van der Waals surface area contributed by atoms with E-state index in [1.807, 2.05) is 7.05 Å². The minimum atomic E-state index is 0.635. The zero-order chi connectivity index (χ0) is 10.4. The zero-order valence-electron chi connectivity index (χ0n) is 8.56. The van der Waals surface area contributed by atoms with Crippen molar-refractivity contribution < 1.29 is 9.59 Å². The molecule has 5 heteroatoms. The van der Waals surface area contributed by atoms with Crippen LogP contribution in [0, 0.1) is 0 Å². The van der Waals surface area contributed by atoms with Crippen molar-refractivity contribution in [2.45, 2.75) is 0 Å². The zero-order valence-corrected chi connectivity index (χ0v) is 8.56. The van der Waals surface area contributed by atoms with Gasteiger partial charge in [-0.15, -0.1) is 0 Å². The van der Waals surface area contributed by atoms with E-state index in [9.17, 15) is 9.59 Å². The Hall–Kier alpha value is -1.10. The third-order valence-electron chi connectivity index (χ3n) is 2.51. The van der Waals surface area contributed by atoms with Crippen molar-refractivity contribution in [1.82, 2.24) is 14.7 Å². The Morgan fingerprint density at radius 2 is 1.14 bits per heavy atom. The van der Waals surface area contributed by atoms with Gasteiger partial charge in [-0.1, -0.05) is 0 Å². The maximum absolute atomic E-state index is 10.6. The van der Waals surface area contributed by atoms with Crippen LogP contribution >= 0.6 is 0 Å². The van der Waals surface area contributed by atoms with E-state index >= 15 is 0 Å². The summed E-state index contributed by atoms with van der Waals surface area (Å²) in [5, 5.41) is 0. The fourth-order valence-electron chi connectivity index (χ4n) is 1.40. The molecule has 0 aromatic heterocycles. The molecule has 14 heavy (non-hydrogen) atoms. The second-order valence-electron chi connectivity index (χ2n) is 3.59. The van der Waals surface area contributed by atoms with Crippen molar-refractivity contribution in [2.24, 2.45) is 0 Å². The van der Waals surface area contributed by atoms with Crippen LogP contribution in [0.1, 0.15) is 0 Å². The fourth-order valence-corrected chi connectivity index (χ4v) is 1.40.